The highest BCUT2D eigenvalue weighted by atomic mass is 15.1. The van der Waals surface area contributed by atoms with E-state index in [0.29, 0.717) is 0 Å². The first kappa shape index (κ1) is 15.1. The van der Waals surface area contributed by atoms with Crippen molar-refractivity contribution in [3.8, 4) is 0 Å². The summed E-state index contributed by atoms with van der Waals surface area (Å²) in [6.45, 7) is 11.4. The maximum Gasteiger partial charge on any atom is 0.0369 e. The number of nitrogens with zero attached hydrogens (tertiary/aromatic N) is 1. The fourth-order valence-corrected chi connectivity index (χ4v) is 2.30. The van der Waals surface area contributed by atoms with Gasteiger partial charge in [0, 0.05) is 18.8 Å². The summed E-state index contributed by atoms with van der Waals surface area (Å²) in [5.41, 5.74) is 4.33. The van der Waals surface area contributed by atoms with Gasteiger partial charge in [-0.05, 0) is 49.4 Å². The molecule has 102 valence electrons. The highest BCUT2D eigenvalue weighted by Crippen LogP contribution is 2.21. The lowest BCUT2D eigenvalue weighted by Crippen LogP contribution is -2.25. The molecule has 0 bridgehead atoms. The van der Waals surface area contributed by atoms with Gasteiger partial charge in [-0.25, -0.2) is 0 Å². The Morgan fingerprint density at radius 2 is 1.56 bits per heavy atom. The van der Waals surface area contributed by atoms with Gasteiger partial charge >= 0.3 is 0 Å². The summed E-state index contributed by atoms with van der Waals surface area (Å²) in [7, 11) is 0. The van der Waals surface area contributed by atoms with Gasteiger partial charge in [0.15, 0.2) is 0 Å². The fourth-order valence-electron chi connectivity index (χ4n) is 2.30. The van der Waals surface area contributed by atoms with Crippen LogP contribution in [0.1, 0.15) is 57.6 Å². The topological polar surface area (TPSA) is 3.24 Å². The molecule has 0 fully saturated rings. The number of anilines is 1. The number of unbranched alkanes of at least 4 members (excludes halogenated alkanes) is 2. The second kappa shape index (κ2) is 8.18. The fraction of sp³-hybridized carbons (Fsp3) is 0.647. The second-order valence-corrected chi connectivity index (χ2v) is 5.16. The van der Waals surface area contributed by atoms with Crippen molar-refractivity contribution in [1.29, 1.82) is 0 Å². The van der Waals surface area contributed by atoms with E-state index in [-0.39, 0.29) is 0 Å². The van der Waals surface area contributed by atoms with Crippen molar-refractivity contribution >= 4 is 5.69 Å². The number of aryl methyl sites for hydroxylation is 2. The van der Waals surface area contributed by atoms with Crippen molar-refractivity contribution in [3.05, 3.63) is 29.3 Å². The number of rotatable bonds is 8. The Bertz CT molecular complexity index is 335. The molecule has 0 aliphatic carbocycles. The first-order valence-electron chi connectivity index (χ1n) is 7.57. The molecule has 0 N–H and O–H groups in total. The molecule has 0 heterocycles. The van der Waals surface area contributed by atoms with Crippen LogP contribution in [0.5, 0.6) is 0 Å². The predicted molar refractivity (Wildman–Crippen MR) is 82.6 cm³/mol. The predicted octanol–water partition coefficient (Wildman–Crippen LogP) is 4.96. The molecule has 0 amide bonds. The van der Waals surface area contributed by atoms with E-state index < -0.39 is 0 Å². The minimum Gasteiger partial charge on any atom is -0.372 e. The molecule has 0 saturated heterocycles. The standard InChI is InChI=1S/C17H29N/c1-5-8-12-18(13-9-6-2)17-11-10-15(4)16(7-3)14-17/h10-11,14H,5-9,12-13H2,1-4H3. The van der Waals surface area contributed by atoms with Crippen LogP contribution in [-0.2, 0) is 6.42 Å². The lowest BCUT2D eigenvalue weighted by Gasteiger charge is -2.25. The maximum atomic E-state index is 2.56. The third-order valence-corrected chi connectivity index (χ3v) is 3.64. The highest BCUT2D eigenvalue weighted by Gasteiger charge is 2.07. The quantitative estimate of drug-likeness (QED) is 0.627. The van der Waals surface area contributed by atoms with Crippen LogP contribution in [0.25, 0.3) is 0 Å². The van der Waals surface area contributed by atoms with Crippen LogP contribution < -0.4 is 4.90 Å². The number of hydrogen-bond acceptors (Lipinski definition) is 1. The molecule has 0 aromatic heterocycles. The molecule has 1 rings (SSSR count). The molecule has 1 aromatic rings. The minimum absolute atomic E-state index is 1.13. The maximum absolute atomic E-state index is 2.56. The summed E-state index contributed by atoms with van der Waals surface area (Å²) in [6, 6.07) is 6.96. The summed E-state index contributed by atoms with van der Waals surface area (Å²) >= 11 is 0. The molecular weight excluding hydrogens is 218 g/mol. The molecule has 0 saturated carbocycles. The van der Waals surface area contributed by atoms with Gasteiger partial charge in [0.05, 0.1) is 0 Å². The van der Waals surface area contributed by atoms with Gasteiger partial charge in [-0.2, -0.15) is 0 Å². The summed E-state index contributed by atoms with van der Waals surface area (Å²) in [4.78, 5) is 2.56. The van der Waals surface area contributed by atoms with E-state index in [4.69, 9.17) is 0 Å². The lowest BCUT2D eigenvalue weighted by molar-refractivity contribution is 0.677. The van der Waals surface area contributed by atoms with Gasteiger partial charge < -0.3 is 4.90 Å². The van der Waals surface area contributed by atoms with E-state index in [0.717, 1.165) is 6.42 Å². The lowest BCUT2D eigenvalue weighted by atomic mass is 10.0. The molecule has 1 heteroatoms. The van der Waals surface area contributed by atoms with Crippen LogP contribution in [0.15, 0.2) is 18.2 Å². The van der Waals surface area contributed by atoms with Crippen LogP contribution >= 0.6 is 0 Å². The van der Waals surface area contributed by atoms with Crippen LogP contribution in [0.2, 0.25) is 0 Å². The highest BCUT2D eigenvalue weighted by molar-refractivity contribution is 5.51. The first-order chi connectivity index (χ1) is 8.72. The van der Waals surface area contributed by atoms with Crippen LogP contribution in [-0.4, -0.2) is 13.1 Å². The van der Waals surface area contributed by atoms with E-state index in [2.05, 4.69) is 50.8 Å². The van der Waals surface area contributed by atoms with Crippen molar-refractivity contribution in [2.75, 3.05) is 18.0 Å². The molecule has 1 nitrogen and oxygen atoms in total. The average molecular weight is 247 g/mol. The molecule has 0 unspecified atom stereocenters. The van der Waals surface area contributed by atoms with E-state index in [1.807, 2.05) is 0 Å². The Labute approximate surface area is 113 Å². The molecule has 18 heavy (non-hydrogen) atoms. The van der Waals surface area contributed by atoms with Crippen LogP contribution in [0.3, 0.4) is 0 Å². The molecule has 0 aliphatic heterocycles. The van der Waals surface area contributed by atoms with Gasteiger partial charge in [-0.15, -0.1) is 0 Å². The molecular formula is C17H29N. The molecule has 0 aliphatic rings. The Morgan fingerprint density at radius 3 is 2.06 bits per heavy atom. The zero-order chi connectivity index (χ0) is 13.4. The van der Waals surface area contributed by atoms with Crippen LogP contribution in [0.4, 0.5) is 5.69 Å². The number of benzene rings is 1. The van der Waals surface area contributed by atoms with Crippen molar-refractivity contribution in [2.24, 2.45) is 0 Å². The van der Waals surface area contributed by atoms with Crippen molar-refractivity contribution < 1.29 is 0 Å². The average Bonchev–Trinajstić information content (AvgIpc) is 2.40. The van der Waals surface area contributed by atoms with E-state index >= 15 is 0 Å². The largest absolute Gasteiger partial charge is 0.372 e. The van der Waals surface area contributed by atoms with Gasteiger partial charge in [0.2, 0.25) is 0 Å². The van der Waals surface area contributed by atoms with Crippen molar-refractivity contribution in [1.82, 2.24) is 0 Å². The van der Waals surface area contributed by atoms with E-state index in [1.54, 1.807) is 0 Å². The van der Waals surface area contributed by atoms with Gasteiger partial charge in [-0.3, -0.25) is 0 Å². The van der Waals surface area contributed by atoms with Crippen LogP contribution in [0, 0.1) is 6.92 Å². The third-order valence-electron chi connectivity index (χ3n) is 3.64. The Balaban J connectivity index is 2.82. The summed E-state index contributed by atoms with van der Waals surface area (Å²) in [5, 5.41) is 0. The zero-order valence-corrected chi connectivity index (χ0v) is 12.6. The van der Waals surface area contributed by atoms with Gasteiger partial charge in [0.1, 0.15) is 0 Å². The Morgan fingerprint density at radius 1 is 0.944 bits per heavy atom. The third kappa shape index (κ3) is 4.36. The van der Waals surface area contributed by atoms with E-state index in [9.17, 15) is 0 Å². The Kier molecular flexibility index (Phi) is 6.85. The normalized spacial score (nSPS) is 10.7. The van der Waals surface area contributed by atoms with Crippen molar-refractivity contribution in [3.63, 3.8) is 0 Å². The molecule has 0 atom stereocenters. The zero-order valence-electron chi connectivity index (χ0n) is 12.6. The summed E-state index contributed by atoms with van der Waals surface area (Å²) in [6.07, 6.45) is 6.26. The molecule has 1 aromatic carbocycles. The minimum atomic E-state index is 1.13. The number of hydrogen-bond donors (Lipinski definition) is 0. The SMILES string of the molecule is CCCCN(CCCC)c1ccc(C)c(CC)c1. The second-order valence-electron chi connectivity index (χ2n) is 5.16. The smallest absolute Gasteiger partial charge is 0.0369 e. The molecule has 0 spiro atoms. The van der Waals surface area contributed by atoms with Gasteiger partial charge in [-0.1, -0.05) is 39.7 Å². The summed E-state index contributed by atoms with van der Waals surface area (Å²) in [5.74, 6) is 0. The van der Waals surface area contributed by atoms with E-state index in [1.165, 1.54) is 55.6 Å². The summed E-state index contributed by atoms with van der Waals surface area (Å²) < 4.78 is 0. The molecule has 0 radical (unpaired) electrons. The Hall–Kier alpha value is -0.980. The monoisotopic (exact) mass is 247 g/mol. The first-order valence-corrected chi connectivity index (χ1v) is 7.57. The van der Waals surface area contributed by atoms with Crippen molar-refractivity contribution in [2.45, 2.75) is 59.8 Å². The van der Waals surface area contributed by atoms with Gasteiger partial charge in [0.25, 0.3) is 0 Å².